The van der Waals surface area contributed by atoms with Gasteiger partial charge in [-0.1, -0.05) is 41.5 Å². The Bertz CT molecular complexity index is 533. The molecule has 1 heteroatoms. The summed E-state index contributed by atoms with van der Waals surface area (Å²) in [5.41, 5.74) is 5.87. The van der Waals surface area contributed by atoms with Gasteiger partial charge in [-0.05, 0) is 44.5 Å². The minimum absolute atomic E-state index is 1.00. The Labute approximate surface area is 103 Å². The van der Waals surface area contributed by atoms with Crippen molar-refractivity contribution in [1.29, 1.82) is 0 Å². The zero-order chi connectivity index (χ0) is 12.3. The van der Waals surface area contributed by atoms with Crippen molar-refractivity contribution in [1.82, 2.24) is 4.98 Å². The number of nitrogens with zero attached hydrogens (tertiary/aromatic N) is 1. The summed E-state index contributed by atoms with van der Waals surface area (Å²) in [6.45, 7) is 6.25. The lowest BCUT2D eigenvalue weighted by Gasteiger charge is -2.00. The van der Waals surface area contributed by atoms with Crippen LogP contribution >= 0.6 is 0 Å². The number of aryl methyl sites for hydroxylation is 3. The van der Waals surface area contributed by atoms with Crippen molar-refractivity contribution in [2.75, 3.05) is 0 Å². The van der Waals surface area contributed by atoms with Crippen molar-refractivity contribution in [2.45, 2.75) is 20.8 Å². The van der Waals surface area contributed by atoms with Crippen molar-refractivity contribution >= 4 is 12.2 Å². The fraction of sp³-hybridized carbons (Fsp3) is 0.188. The van der Waals surface area contributed by atoms with E-state index in [0.29, 0.717) is 0 Å². The number of hydrogen-bond donors (Lipinski definition) is 0. The van der Waals surface area contributed by atoms with Gasteiger partial charge in [0.1, 0.15) is 0 Å². The molecule has 0 saturated heterocycles. The molecule has 0 aliphatic rings. The van der Waals surface area contributed by atoms with Crippen molar-refractivity contribution in [3.63, 3.8) is 0 Å². The lowest BCUT2D eigenvalue weighted by atomic mass is 10.1. The van der Waals surface area contributed by atoms with Crippen LogP contribution in [0, 0.1) is 20.8 Å². The minimum Gasteiger partial charge on any atom is -0.254 e. The monoisotopic (exact) mass is 223 g/mol. The summed E-state index contributed by atoms with van der Waals surface area (Å²) in [7, 11) is 0. The van der Waals surface area contributed by atoms with Gasteiger partial charge in [0, 0.05) is 5.69 Å². The van der Waals surface area contributed by atoms with E-state index in [1.807, 2.05) is 25.1 Å². The first kappa shape index (κ1) is 11.6. The summed E-state index contributed by atoms with van der Waals surface area (Å²) in [5, 5.41) is 0. The molecule has 1 heterocycles. The van der Waals surface area contributed by atoms with Crippen molar-refractivity contribution in [2.24, 2.45) is 0 Å². The quantitative estimate of drug-likeness (QED) is 0.744. The van der Waals surface area contributed by atoms with Gasteiger partial charge < -0.3 is 0 Å². The molecule has 1 aromatic carbocycles. The SMILES string of the molecule is Cc1cc(C)cc(C=Cc2cccc(C)n2)c1. The third-order valence-electron chi connectivity index (χ3n) is 2.60. The molecule has 1 nitrogen and oxygen atoms in total. The van der Waals surface area contributed by atoms with Gasteiger partial charge in [-0.15, -0.1) is 0 Å². The zero-order valence-corrected chi connectivity index (χ0v) is 10.6. The molecule has 0 amide bonds. The molecule has 17 heavy (non-hydrogen) atoms. The molecular formula is C16H17N. The molecule has 86 valence electrons. The molecule has 0 spiro atoms. The topological polar surface area (TPSA) is 12.9 Å². The average molecular weight is 223 g/mol. The molecule has 0 saturated carbocycles. The lowest BCUT2D eigenvalue weighted by Crippen LogP contribution is -1.84. The summed E-state index contributed by atoms with van der Waals surface area (Å²) in [4.78, 5) is 4.45. The Morgan fingerprint density at radius 1 is 0.882 bits per heavy atom. The van der Waals surface area contributed by atoms with Gasteiger partial charge in [0.15, 0.2) is 0 Å². The van der Waals surface area contributed by atoms with Gasteiger partial charge in [-0.2, -0.15) is 0 Å². The van der Waals surface area contributed by atoms with E-state index in [1.54, 1.807) is 0 Å². The molecule has 0 aliphatic carbocycles. The maximum Gasteiger partial charge on any atom is 0.0633 e. The summed E-state index contributed by atoms with van der Waals surface area (Å²) in [5.74, 6) is 0. The molecule has 2 aromatic rings. The molecule has 0 atom stereocenters. The zero-order valence-electron chi connectivity index (χ0n) is 10.6. The van der Waals surface area contributed by atoms with Crippen LogP contribution in [0.1, 0.15) is 28.1 Å². The van der Waals surface area contributed by atoms with E-state index in [-0.39, 0.29) is 0 Å². The third-order valence-corrected chi connectivity index (χ3v) is 2.60. The van der Waals surface area contributed by atoms with Gasteiger partial charge in [0.05, 0.1) is 5.69 Å². The van der Waals surface area contributed by atoms with Crippen LogP contribution in [-0.4, -0.2) is 4.98 Å². The lowest BCUT2D eigenvalue weighted by molar-refractivity contribution is 1.18. The van der Waals surface area contributed by atoms with E-state index in [0.717, 1.165) is 11.4 Å². The second-order valence-corrected chi connectivity index (χ2v) is 4.46. The summed E-state index contributed by atoms with van der Waals surface area (Å²) >= 11 is 0. The molecule has 0 unspecified atom stereocenters. The van der Waals surface area contributed by atoms with Crippen LogP contribution in [0.3, 0.4) is 0 Å². The van der Waals surface area contributed by atoms with Crippen LogP contribution in [0.25, 0.3) is 12.2 Å². The number of hydrogen-bond acceptors (Lipinski definition) is 1. The fourth-order valence-electron chi connectivity index (χ4n) is 1.94. The van der Waals surface area contributed by atoms with Gasteiger partial charge in [-0.25, -0.2) is 0 Å². The van der Waals surface area contributed by atoms with Gasteiger partial charge in [0.2, 0.25) is 0 Å². The Hall–Kier alpha value is -1.89. The summed E-state index contributed by atoms with van der Waals surface area (Å²) in [6, 6.07) is 12.6. The molecule has 0 radical (unpaired) electrons. The highest BCUT2D eigenvalue weighted by molar-refractivity contribution is 5.68. The van der Waals surface area contributed by atoms with Crippen LogP contribution < -0.4 is 0 Å². The van der Waals surface area contributed by atoms with Crippen LogP contribution in [0.2, 0.25) is 0 Å². The Kier molecular flexibility index (Phi) is 3.38. The summed E-state index contributed by atoms with van der Waals surface area (Å²) < 4.78 is 0. The molecule has 0 aliphatic heterocycles. The first-order valence-corrected chi connectivity index (χ1v) is 5.83. The summed E-state index contributed by atoms with van der Waals surface area (Å²) in [6.07, 6.45) is 4.17. The molecule has 2 rings (SSSR count). The van der Waals surface area contributed by atoms with E-state index in [4.69, 9.17) is 0 Å². The maximum absolute atomic E-state index is 4.45. The fourth-order valence-corrected chi connectivity index (χ4v) is 1.94. The molecule has 0 fully saturated rings. The Morgan fingerprint density at radius 3 is 2.24 bits per heavy atom. The van der Waals surface area contributed by atoms with Crippen molar-refractivity contribution in [3.8, 4) is 0 Å². The maximum atomic E-state index is 4.45. The largest absolute Gasteiger partial charge is 0.254 e. The van der Waals surface area contributed by atoms with Crippen LogP contribution in [-0.2, 0) is 0 Å². The van der Waals surface area contributed by atoms with Crippen molar-refractivity contribution < 1.29 is 0 Å². The van der Waals surface area contributed by atoms with E-state index in [2.05, 4.69) is 49.2 Å². The normalized spacial score (nSPS) is 11.0. The standard InChI is InChI=1S/C16H17N/c1-12-9-13(2)11-15(10-12)7-8-16-6-4-5-14(3)17-16/h4-11H,1-3H3. The third kappa shape index (κ3) is 3.28. The van der Waals surface area contributed by atoms with E-state index >= 15 is 0 Å². The average Bonchev–Trinajstić information content (AvgIpc) is 2.25. The van der Waals surface area contributed by atoms with Crippen molar-refractivity contribution in [3.05, 3.63) is 64.5 Å². The van der Waals surface area contributed by atoms with E-state index in [1.165, 1.54) is 16.7 Å². The predicted molar refractivity (Wildman–Crippen MR) is 73.8 cm³/mol. The van der Waals surface area contributed by atoms with Crippen LogP contribution in [0.5, 0.6) is 0 Å². The highest BCUT2D eigenvalue weighted by Gasteiger charge is 1.93. The van der Waals surface area contributed by atoms with Gasteiger partial charge in [0.25, 0.3) is 0 Å². The second kappa shape index (κ2) is 4.96. The minimum atomic E-state index is 1.00. The van der Waals surface area contributed by atoms with Gasteiger partial charge in [-0.3, -0.25) is 4.98 Å². The van der Waals surface area contributed by atoms with E-state index < -0.39 is 0 Å². The Morgan fingerprint density at radius 2 is 1.59 bits per heavy atom. The highest BCUT2D eigenvalue weighted by atomic mass is 14.7. The Balaban J connectivity index is 2.25. The molecule has 1 aromatic heterocycles. The molecular weight excluding hydrogens is 206 g/mol. The first-order valence-electron chi connectivity index (χ1n) is 5.83. The number of pyridine rings is 1. The predicted octanol–water partition coefficient (Wildman–Crippen LogP) is 4.18. The second-order valence-electron chi connectivity index (χ2n) is 4.46. The smallest absolute Gasteiger partial charge is 0.0633 e. The van der Waals surface area contributed by atoms with Crippen LogP contribution in [0.4, 0.5) is 0 Å². The number of rotatable bonds is 2. The van der Waals surface area contributed by atoms with E-state index in [9.17, 15) is 0 Å². The van der Waals surface area contributed by atoms with Gasteiger partial charge >= 0.3 is 0 Å². The molecule has 0 bridgehead atoms. The highest BCUT2D eigenvalue weighted by Crippen LogP contribution is 2.12. The van der Waals surface area contributed by atoms with Crippen LogP contribution in [0.15, 0.2) is 36.4 Å². The first-order chi connectivity index (χ1) is 8.13. The number of benzene rings is 1. The number of aromatic nitrogens is 1. The molecule has 0 N–H and O–H groups in total.